The number of hydrogen-bond donors (Lipinski definition) is 0. The largest absolute Gasteiger partial charge is 0.0839 e. The van der Waals surface area contributed by atoms with Crippen LogP contribution in [-0.4, -0.2) is 0 Å². The fraction of sp³-hybridized carbons (Fsp3) is 0.385. The summed E-state index contributed by atoms with van der Waals surface area (Å²) >= 11 is 0. The molecule has 4 aliphatic rings. The van der Waals surface area contributed by atoms with E-state index in [0.29, 0.717) is 17.8 Å². The second-order valence-electron chi connectivity index (χ2n) is 7.92. The standard InChI is InChI=1S/C26H30/c1-3-7-23(8-4-1)25-17-13-21(14-18-25)11-12-22-15-19-26(20-16-22)24-9-5-2-6-10-24/h1,3-5,7,9-10,13,15-19,21,23,26H,2,6,8,11-12,14,20H2. The van der Waals surface area contributed by atoms with Crippen LogP contribution in [0.4, 0.5) is 0 Å². The highest BCUT2D eigenvalue weighted by atomic mass is 14.2. The molecule has 0 N–H and O–H groups in total. The summed E-state index contributed by atoms with van der Waals surface area (Å²) in [5.41, 5.74) is 4.56. The van der Waals surface area contributed by atoms with Crippen LogP contribution in [0.2, 0.25) is 0 Å². The third-order valence-corrected chi connectivity index (χ3v) is 6.06. The number of hydrogen-bond acceptors (Lipinski definition) is 0. The lowest BCUT2D eigenvalue weighted by Crippen LogP contribution is -2.07. The van der Waals surface area contributed by atoms with Crippen LogP contribution in [0.5, 0.6) is 0 Å². The van der Waals surface area contributed by atoms with E-state index in [1.807, 2.05) is 0 Å². The van der Waals surface area contributed by atoms with Gasteiger partial charge in [0, 0.05) is 11.8 Å². The monoisotopic (exact) mass is 342 g/mol. The molecule has 0 fully saturated rings. The molecule has 0 bridgehead atoms. The smallest absolute Gasteiger partial charge is 0.00526 e. The summed E-state index contributed by atoms with van der Waals surface area (Å²) in [5, 5.41) is 0. The first kappa shape index (κ1) is 17.3. The summed E-state index contributed by atoms with van der Waals surface area (Å²) < 4.78 is 0. The Balaban J connectivity index is 1.23. The average molecular weight is 343 g/mol. The first-order chi connectivity index (χ1) is 12.9. The van der Waals surface area contributed by atoms with Gasteiger partial charge in [-0.1, -0.05) is 84.6 Å². The minimum atomic E-state index is 0.598. The predicted molar refractivity (Wildman–Crippen MR) is 113 cm³/mol. The van der Waals surface area contributed by atoms with Gasteiger partial charge in [-0.05, 0) is 62.0 Å². The molecule has 134 valence electrons. The Hall–Kier alpha value is -2.08. The third-order valence-electron chi connectivity index (χ3n) is 6.06. The lowest BCUT2D eigenvalue weighted by atomic mass is 9.83. The van der Waals surface area contributed by atoms with E-state index < -0.39 is 0 Å². The molecule has 0 amide bonds. The molecule has 3 atom stereocenters. The van der Waals surface area contributed by atoms with Gasteiger partial charge < -0.3 is 0 Å². The van der Waals surface area contributed by atoms with Gasteiger partial charge in [0.15, 0.2) is 0 Å². The SMILES string of the molecule is C1=CCC(C2=CCC(CCC3=CCC(C4=CCCC=C4)C=C3)C=C2)C=C1. The van der Waals surface area contributed by atoms with E-state index >= 15 is 0 Å². The zero-order valence-electron chi connectivity index (χ0n) is 15.7. The third kappa shape index (κ3) is 4.36. The molecule has 4 rings (SSSR count). The summed E-state index contributed by atoms with van der Waals surface area (Å²) in [4.78, 5) is 0. The normalized spacial score (nSPS) is 30.2. The molecule has 0 nitrogen and oxygen atoms in total. The highest BCUT2D eigenvalue weighted by Gasteiger charge is 2.16. The molecule has 0 aromatic rings. The molecule has 0 heteroatoms. The van der Waals surface area contributed by atoms with E-state index in [9.17, 15) is 0 Å². The van der Waals surface area contributed by atoms with Gasteiger partial charge in [0.25, 0.3) is 0 Å². The van der Waals surface area contributed by atoms with Crippen molar-refractivity contribution in [2.75, 3.05) is 0 Å². The molecule has 3 unspecified atom stereocenters. The van der Waals surface area contributed by atoms with Crippen molar-refractivity contribution in [2.45, 2.75) is 44.9 Å². The minimum absolute atomic E-state index is 0.598. The van der Waals surface area contributed by atoms with Gasteiger partial charge in [0.1, 0.15) is 0 Å². The van der Waals surface area contributed by atoms with Gasteiger partial charge in [0.2, 0.25) is 0 Å². The quantitative estimate of drug-likeness (QED) is 0.496. The van der Waals surface area contributed by atoms with Crippen LogP contribution >= 0.6 is 0 Å². The second kappa shape index (κ2) is 8.54. The summed E-state index contributed by atoms with van der Waals surface area (Å²) in [6.07, 6.45) is 39.0. The minimum Gasteiger partial charge on any atom is -0.0839 e. The maximum Gasteiger partial charge on any atom is 0.00526 e. The van der Waals surface area contributed by atoms with Crippen LogP contribution in [-0.2, 0) is 0 Å². The second-order valence-corrected chi connectivity index (χ2v) is 7.92. The number of rotatable bonds is 5. The van der Waals surface area contributed by atoms with E-state index in [4.69, 9.17) is 0 Å². The summed E-state index contributed by atoms with van der Waals surface area (Å²) in [5.74, 6) is 1.91. The lowest BCUT2D eigenvalue weighted by molar-refractivity contribution is 0.583. The van der Waals surface area contributed by atoms with Crippen LogP contribution < -0.4 is 0 Å². The van der Waals surface area contributed by atoms with Crippen LogP contribution in [0.1, 0.15) is 44.9 Å². The van der Waals surface area contributed by atoms with Gasteiger partial charge in [0.05, 0.1) is 0 Å². The van der Waals surface area contributed by atoms with Crippen molar-refractivity contribution in [3.8, 4) is 0 Å². The fourth-order valence-electron chi connectivity index (χ4n) is 4.36. The van der Waals surface area contributed by atoms with Crippen molar-refractivity contribution in [3.05, 3.63) is 95.7 Å². The summed E-state index contributed by atoms with van der Waals surface area (Å²) in [6, 6.07) is 0. The van der Waals surface area contributed by atoms with E-state index in [1.54, 1.807) is 0 Å². The highest BCUT2D eigenvalue weighted by Crippen LogP contribution is 2.32. The molecule has 0 spiro atoms. The molecule has 0 aliphatic heterocycles. The first-order valence-corrected chi connectivity index (χ1v) is 10.3. The Kier molecular flexibility index (Phi) is 5.69. The van der Waals surface area contributed by atoms with Gasteiger partial charge in [-0.15, -0.1) is 0 Å². The van der Waals surface area contributed by atoms with Crippen LogP contribution in [0, 0.1) is 17.8 Å². The van der Waals surface area contributed by atoms with Crippen LogP contribution in [0.25, 0.3) is 0 Å². The van der Waals surface area contributed by atoms with E-state index in [-0.39, 0.29) is 0 Å². The Morgan fingerprint density at radius 3 is 2.31 bits per heavy atom. The van der Waals surface area contributed by atoms with Crippen molar-refractivity contribution in [2.24, 2.45) is 17.8 Å². The van der Waals surface area contributed by atoms with Crippen LogP contribution in [0.3, 0.4) is 0 Å². The molecule has 0 saturated carbocycles. The van der Waals surface area contributed by atoms with Crippen molar-refractivity contribution in [3.63, 3.8) is 0 Å². The molecular formula is C26H30. The molecular weight excluding hydrogens is 312 g/mol. The van der Waals surface area contributed by atoms with E-state index in [1.165, 1.54) is 55.2 Å². The molecule has 0 saturated heterocycles. The topological polar surface area (TPSA) is 0 Å². The van der Waals surface area contributed by atoms with Gasteiger partial charge in [-0.3, -0.25) is 0 Å². The van der Waals surface area contributed by atoms with Crippen molar-refractivity contribution < 1.29 is 0 Å². The summed E-state index contributed by atoms with van der Waals surface area (Å²) in [7, 11) is 0. The Labute approximate surface area is 158 Å². The zero-order chi connectivity index (χ0) is 17.6. The Morgan fingerprint density at radius 2 is 1.62 bits per heavy atom. The van der Waals surface area contributed by atoms with Gasteiger partial charge >= 0.3 is 0 Å². The Morgan fingerprint density at radius 1 is 0.692 bits per heavy atom. The molecule has 4 aliphatic carbocycles. The highest BCUT2D eigenvalue weighted by molar-refractivity contribution is 5.35. The summed E-state index contributed by atoms with van der Waals surface area (Å²) in [6.45, 7) is 0. The molecule has 0 heterocycles. The molecule has 0 aromatic carbocycles. The van der Waals surface area contributed by atoms with E-state index in [2.05, 4.69) is 79.0 Å². The maximum absolute atomic E-state index is 2.47. The fourth-order valence-corrected chi connectivity index (χ4v) is 4.36. The maximum atomic E-state index is 2.47. The number of allylic oxidation sites excluding steroid dienone is 16. The van der Waals surface area contributed by atoms with Gasteiger partial charge in [-0.25, -0.2) is 0 Å². The lowest BCUT2D eigenvalue weighted by Gasteiger charge is -2.22. The van der Waals surface area contributed by atoms with E-state index in [0.717, 1.165) is 6.42 Å². The van der Waals surface area contributed by atoms with Crippen molar-refractivity contribution in [1.82, 2.24) is 0 Å². The molecule has 0 aromatic heterocycles. The molecule has 26 heavy (non-hydrogen) atoms. The first-order valence-electron chi connectivity index (χ1n) is 10.3. The van der Waals surface area contributed by atoms with Crippen LogP contribution in [0.15, 0.2) is 95.7 Å². The zero-order valence-corrected chi connectivity index (χ0v) is 15.7. The van der Waals surface area contributed by atoms with Crippen molar-refractivity contribution >= 4 is 0 Å². The molecule has 0 radical (unpaired) electrons. The Bertz CT molecular complexity index is 745. The predicted octanol–water partition coefficient (Wildman–Crippen LogP) is 7.18. The van der Waals surface area contributed by atoms with Gasteiger partial charge in [-0.2, -0.15) is 0 Å². The average Bonchev–Trinajstić information content (AvgIpc) is 2.74. The van der Waals surface area contributed by atoms with Crippen molar-refractivity contribution in [1.29, 1.82) is 0 Å².